The summed E-state index contributed by atoms with van der Waals surface area (Å²) in [4.78, 5) is 12.6. The number of aryl methyl sites for hydroxylation is 2. The van der Waals surface area contributed by atoms with Crippen molar-refractivity contribution < 1.29 is 17.6 Å². The molecule has 0 aliphatic heterocycles. The molecule has 2 aromatic carbocycles. The van der Waals surface area contributed by atoms with Crippen molar-refractivity contribution in [2.24, 2.45) is 0 Å². The quantitative estimate of drug-likeness (QED) is 0.677. The van der Waals surface area contributed by atoms with E-state index in [1.807, 2.05) is 19.1 Å². The zero-order valence-corrected chi connectivity index (χ0v) is 18.1. The van der Waals surface area contributed by atoms with Crippen molar-refractivity contribution in [3.63, 3.8) is 0 Å². The number of anilines is 1. The van der Waals surface area contributed by atoms with E-state index in [2.05, 4.69) is 18.3 Å². The highest BCUT2D eigenvalue weighted by Gasteiger charge is 2.29. The van der Waals surface area contributed by atoms with Gasteiger partial charge in [0.25, 0.3) is 0 Å². The van der Waals surface area contributed by atoms with Crippen molar-refractivity contribution in [1.82, 2.24) is 9.62 Å². The van der Waals surface area contributed by atoms with Crippen LogP contribution >= 0.6 is 0 Å². The Labute approximate surface area is 172 Å². The fraction of sp³-hybridized carbons (Fsp3) is 0.381. The molecule has 0 aliphatic carbocycles. The Morgan fingerprint density at radius 2 is 1.72 bits per heavy atom. The monoisotopic (exact) mass is 421 g/mol. The van der Waals surface area contributed by atoms with Crippen molar-refractivity contribution in [3.05, 3.63) is 65.0 Å². The van der Waals surface area contributed by atoms with Gasteiger partial charge in [-0.1, -0.05) is 44.2 Å². The van der Waals surface area contributed by atoms with Crippen LogP contribution in [0.2, 0.25) is 0 Å². The number of carbonyl (C=O) groups excluding carboxylic acids is 1. The molecule has 1 amide bonds. The number of rotatable bonds is 9. The number of amides is 1. The Hall–Kier alpha value is -2.45. The van der Waals surface area contributed by atoms with E-state index in [4.69, 9.17) is 0 Å². The SMILES string of the molecule is CCc1ccc(CC)c(CNC(=O)CN(c2ccccc2F)S(=O)(=O)N(C)C)c1. The van der Waals surface area contributed by atoms with E-state index in [1.54, 1.807) is 0 Å². The van der Waals surface area contributed by atoms with E-state index in [-0.39, 0.29) is 12.2 Å². The fourth-order valence-corrected chi connectivity index (χ4v) is 4.00. The number of nitrogens with zero attached hydrogens (tertiary/aromatic N) is 2. The summed E-state index contributed by atoms with van der Waals surface area (Å²) in [5.74, 6) is -1.22. The minimum atomic E-state index is -4.05. The molecule has 29 heavy (non-hydrogen) atoms. The van der Waals surface area contributed by atoms with Crippen molar-refractivity contribution in [3.8, 4) is 0 Å². The Morgan fingerprint density at radius 3 is 2.31 bits per heavy atom. The Bertz CT molecular complexity index is 961. The van der Waals surface area contributed by atoms with Crippen LogP contribution in [0.3, 0.4) is 0 Å². The van der Waals surface area contributed by atoms with Crippen LogP contribution in [0.5, 0.6) is 0 Å². The predicted molar refractivity (Wildman–Crippen MR) is 113 cm³/mol. The number of carbonyl (C=O) groups is 1. The molecular formula is C21H28FN3O3S. The van der Waals surface area contributed by atoms with Crippen LogP contribution in [-0.2, 0) is 34.4 Å². The van der Waals surface area contributed by atoms with Crippen LogP contribution in [-0.4, -0.2) is 39.3 Å². The standard InChI is InChI=1S/C21H28FN3O3S/c1-5-16-11-12-17(6-2)18(13-16)14-23-21(26)15-25(29(27,28)24(3)4)20-10-8-7-9-19(20)22/h7-13H,5-6,14-15H2,1-4H3,(H,23,26). The molecule has 0 fully saturated rings. The number of benzene rings is 2. The molecule has 0 aliphatic rings. The minimum Gasteiger partial charge on any atom is -0.350 e. The van der Waals surface area contributed by atoms with Crippen molar-refractivity contribution in [2.75, 3.05) is 24.9 Å². The third kappa shape index (κ3) is 5.55. The molecule has 0 heterocycles. The average Bonchev–Trinajstić information content (AvgIpc) is 2.70. The molecule has 0 atom stereocenters. The molecule has 0 saturated heterocycles. The molecule has 0 unspecified atom stereocenters. The van der Waals surface area contributed by atoms with E-state index in [9.17, 15) is 17.6 Å². The van der Waals surface area contributed by atoms with E-state index < -0.39 is 28.5 Å². The Morgan fingerprint density at radius 1 is 1.03 bits per heavy atom. The van der Waals surface area contributed by atoms with Gasteiger partial charge in [-0.15, -0.1) is 0 Å². The predicted octanol–water partition coefficient (Wildman–Crippen LogP) is 2.88. The smallest absolute Gasteiger partial charge is 0.304 e. The molecule has 6 nitrogen and oxygen atoms in total. The fourth-order valence-electron chi connectivity index (χ4n) is 2.93. The highest BCUT2D eigenvalue weighted by Crippen LogP contribution is 2.22. The number of hydrogen-bond donors (Lipinski definition) is 1. The molecule has 2 aromatic rings. The molecule has 0 spiro atoms. The van der Waals surface area contributed by atoms with Crippen LogP contribution < -0.4 is 9.62 Å². The largest absolute Gasteiger partial charge is 0.350 e. The van der Waals surface area contributed by atoms with Crippen LogP contribution in [0, 0.1) is 5.82 Å². The summed E-state index contributed by atoms with van der Waals surface area (Å²) >= 11 is 0. The number of para-hydroxylation sites is 1. The zero-order chi connectivity index (χ0) is 21.6. The third-order valence-electron chi connectivity index (χ3n) is 4.68. The molecule has 0 bridgehead atoms. The first-order chi connectivity index (χ1) is 13.7. The molecular weight excluding hydrogens is 393 g/mol. The van der Waals surface area contributed by atoms with Gasteiger partial charge in [-0.2, -0.15) is 12.7 Å². The second-order valence-corrected chi connectivity index (χ2v) is 8.90. The normalized spacial score (nSPS) is 11.5. The molecule has 8 heteroatoms. The lowest BCUT2D eigenvalue weighted by Gasteiger charge is -2.27. The molecule has 2 rings (SSSR count). The lowest BCUT2D eigenvalue weighted by Crippen LogP contribution is -2.46. The highest BCUT2D eigenvalue weighted by molar-refractivity contribution is 7.90. The van der Waals surface area contributed by atoms with Gasteiger partial charge in [-0.05, 0) is 41.7 Å². The van der Waals surface area contributed by atoms with Crippen LogP contribution in [0.4, 0.5) is 10.1 Å². The van der Waals surface area contributed by atoms with Gasteiger partial charge in [0.2, 0.25) is 5.91 Å². The Balaban J connectivity index is 2.22. The topological polar surface area (TPSA) is 69.7 Å². The summed E-state index contributed by atoms with van der Waals surface area (Å²) in [5.41, 5.74) is 3.11. The third-order valence-corrected chi connectivity index (χ3v) is 6.49. The van der Waals surface area contributed by atoms with Crippen LogP contribution in [0.15, 0.2) is 42.5 Å². The Kier molecular flexibility index (Phi) is 7.75. The second kappa shape index (κ2) is 9.84. The molecule has 0 aromatic heterocycles. The van der Waals surface area contributed by atoms with E-state index in [0.717, 1.165) is 44.2 Å². The maximum absolute atomic E-state index is 14.3. The van der Waals surface area contributed by atoms with Gasteiger partial charge in [0, 0.05) is 20.6 Å². The van der Waals surface area contributed by atoms with E-state index in [0.29, 0.717) is 0 Å². The van der Waals surface area contributed by atoms with Gasteiger partial charge in [0.05, 0.1) is 5.69 Å². The summed E-state index contributed by atoms with van der Waals surface area (Å²) in [6.07, 6.45) is 1.71. The second-order valence-electron chi connectivity index (χ2n) is 6.84. The summed E-state index contributed by atoms with van der Waals surface area (Å²) in [5, 5.41) is 2.77. The summed E-state index contributed by atoms with van der Waals surface area (Å²) in [6.45, 7) is 3.86. The van der Waals surface area contributed by atoms with Crippen LogP contribution in [0.1, 0.15) is 30.5 Å². The van der Waals surface area contributed by atoms with Gasteiger partial charge in [0.15, 0.2) is 0 Å². The van der Waals surface area contributed by atoms with Crippen molar-refractivity contribution in [2.45, 2.75) is 33.2 Å². The first kappa shape index (κ1) is 22.8. The molecule has 1 N–H and O–H groups in total. The number of hydrogen-bond acceptors (Lipinski definition) is 3. The zero-order valence-electron chi connectivity index (χ0n) is 17.3. The first-order valence-electron chi connectivity index (χ1n) is 9.52. The number of nitrogens with one attached hydrogen (secondary N) is 1. The van der Waals surface area contributed by atoms with Gasteiger partial charge < -0.3 is 5.32 Å². The van der Waals surface area contributed by atoms with Gasteiger partial charge in [0.1, 0.15) is 12.4 Å². The van der Waals surface area contributed by atoms with Crippen LogP contribution in [0.25, 0.3) is 0 Å². The maximum Gasteiger partial charge on any atom is 0.304 e. The average molecular weight is 422 g/mol. The summed E-state index contributed by atoms with van der Waals surface area (Å²) in [7, 11) is -1.37. The molecule has 0 saturated carbocycles. The minimum absolute atomic E-state index is 0.168. The van der Waals surface area contributed by atoms with Crippen molar-refractivity contribution >= 4 is 21.8 Å². The molecule has 0 radical (unpaired) electrons. The first-order valence-corrected chi connectivity index (χ1v) is 10.9. The summed E-state index contributed by atoms with van der Waals surface area (Å²) < 4.78 is 41.4. The van der Waals surface area contributed by atoms with Gasteiger partial charge in [-0.3, -0.25) is 4.79 Å². The maximum atomic E-state index is 14.3. The van der Waals surface area contributed by atoms with Gasteiger partial charge >= 0.3 is 10.2 Å². The highest BCUT2D eigenvalue weighted by atomic mass is 32.2. The number of halogens is 1. The van der Waals surface area contributed by atoms with Crippen molar-refractivity contribution in [1.29, 1.82) is 0 Å². The van der Waals surface area contributed by atoms with E-state index >= 15 is 0 Å². The summed E-state index contributed by atoms with van der Waals surface area (Å²) in [6, 6.07) is 11.6. The van der Waals surface area contributed by atoms with E-state index in [1.165, 1.54) is 32.3 Å². The molecule has 158 valence electrons. The van der Waals surface area contributed by atoms with Gasteiger partial charge in [-0.25, -0.2) is 8.70 Å². The lowest BCUT2D eigenvalue weighted by atomic mass is 10.0. The lowest BCUT2D eigenvalue weighted by molar-refractivity contribution is -0.119.